The van der Waals surface area contributed by atoms with E-state index in [-0.39, 0.29) is 0 Å². The second-order valence-electron chi connectivity index (χ2n) is 4.31. The molecule has 1 atom stereocenters. The summed E-state index contributed by atoms with van der Waals surface area (Å²) in [7, 11) is 0. The Morgan fingerprint density at radius 3 is 2.53 bits per heavy atom. The highest BCUT2D eigenvalue weighted by Gasteiger charge is 2.15. The average molecular weight is 203 g/mol. The summed E-state index contributed by atoms with van der Waals surface area (Å²) in [6, 6.07) is 8.44. The Kier molecular flexibility index (Phi) is 2.39. The Morgan fingerprint density at radius 2 is 1.87 bits per heavy atom. The normalized spacial score (nSPS) is 13.6. The van der Waals surface area contributed by atoms with Crippen LogP contribution >= 0.6 is 0 Å². The number of rotatable bonds is 2. The van der Waals surface area contributed by atoms with Crippen LogP contribution < -0.4 is 5.73 Å². The van der Waals surface area contributed by atoms with E-state index >= 15 is 0 Å². The molecule has 1 unspecified atom stereocenters. The first-order valence-corrected chi connectivity index (χ1v) is 5.33. The molecule has 3 heteroatoms. The first kappa shape index (κ1) is 10.0. The van der Waals surface area contributed by atoms with Crippen molar-refractivity contribution in [3.63, 3.8) is 0 Å². The second kappa shape index (κ2) is 3.57. The molecule has 1 heterocycles. The van der Waals surface area contributed by atoms with E-state index in [2.05, 4.69) is 36.4 Å². The summed E-state index contributed by atoms with van der Waals surface area (Å²) in [5.74, 6) is 1.15. The van der Waals surface area contributed by atoms with Gasteiger partial charge in [-0.1, -0.05) is 26.0 Å². The molecule has 2 N–H and O–H groups in total. The van der Waals surface area contributed by atoms with E-state index in [0.29, 0.717) is 17.9 Å². The van der Waals surface area contributed by atoms with Gasteiger partial charge < -0.3 is 10.3 Å². The molecule has 15 heavy (non-hydrogen) atoms. The van der Waals surface area contributed by atoms with Gasteiger partial charge in [0.05, 0.1) is 11.0 Å². The minimum Gasteiger partial charge on any atom is -0.369 e. The summed E-state index contributed by atoms with van der Waals surface area (Å²) in [5.41, 5.74) is 8.04. The molecule has 1 aromatic carbocycles. The number of nitrogens with two attached hydrogens (primary N) is 1. The molecule has 0 spiro atoms. The van der Waals surface area contributed by atoms with E-state index in [0.717, 1.165) is 11.0 Å². The van der Waals surface area contributed by atoms with Crippen LogP contribution in [0.25, 0.3) is 11.0 Å². The molecule has 0 aliphatic rings. The first-order chi connectivity index (χ1) is 7.11. The molecule has 2 rings (SSSR count). The van der Waals surface area contributed by atoms with Crippen molar-refractivity contribution in [2.45, 2.75) is 26.8 Å². The topological polar surface area (TPSA) is 43.8 Å². The van der Waals surface area contributed by atoms with Crippen molar-refractivity contribution < 1.29 is 0 Å². The first-order valence-electron chi connectivity index (χ1n) is 5.33. The molecule has 0 aliphatic carbocycles. The lowest BCUT2D eigenvalue weighted by molar-refractivity contribution is 0.421. The van der Waals surface area contributed by atoms with Gasteiger partial charge in [0.25, 0.3) is 0 Å². The number of imidazole rings is 1. The van der Waals surface area contributed by atoms with Crippen LogP contribution in [0.15, 0.2) is 24.3 Å². The van der Waals surface area contributed by atoms with Gasteiger partial charge in [0.1, 0.15) is 0 Å². The standard InChI is InChI=1S/C12H17N3/c1-8(2)9(3)15-11-7-5-4-6-10(11)14-12(15)13/h4-9H,1-3H3,(H2,13,14). The number of fused-ring (bicyclic) bond motifs is 1. The van der Waals surface area contributed by atoms with E-state index < -0.39 is 0 Å². The van der Waals surface area contributed by atoms with Crippen molar-refractivity contribution in [3.8, 4) is 0 Å². The van der Waals surface area contributed by atoms with Crippen molar-refractivity contribution in [3.05, 3.63) is 24.3 Å². The zero-order valence-electron chi connectivity index (χ0n) is 9.44. The quantitative estimate of drug-likeness (QED) is 0.815. The van der Waals surface area contributed by atoms with E-state index in [1.807, 2.05) is 18.2 Å². The molecular weight excluding hydrogens is 186 g/mol. The van der Waals surface area contributed by atoms with E-state index in [1.165, 1.54) is 0 Å². The lowest BCUT2D eigenvalue weighted by atomic mass is 10.1. The minimum atomic E-state index is 0.373. The van der Waals surface area contributed by atoms with Crippen LogP contribution in [0.3, 0.4) is 0 Å². The van der Waals surface area contributed by atoms with Gasteiger partial charge in [-0.05, 0) is 25.0 Å². The number of para-hydroxylation sites is 2. The average Bonchev–Trinajstić information content (AvgIpc) is 2.52. The molecule has 0 aliphatic heterocycles. The SMILES string of the molecule is CC(C)C(C)n1c(N)nc2ccccc21. The van der Waals surface area contributed by atoms with Gasteiger partial charge in [-0.2, -0.15) is 0 Å². The van der Waals surface area contributed by atoms with E-state index in [4.69, 9.17) is 5.73 Å². The molecule has 1 aromatic heterocycles. The highest BCUT2D eigenvalue weighted by Crippen LogP contribution is 2.26. The van der Waals surface area contributed by atoms with Crippen LogP contribution in [-0.2, 0) is 0 Å². The summed E-state index contributed by atoms with van der Waals surface area (Å²) in [6.07, 6.45) is 0. The smallest absolute Gasteiger partial charge is 0.201 e. The van der Waals surface area contributed by atoms with Gasteiger partial charge in [-0.3, -0.25) is 0 Å². The van der Waals surface area contributed by atoms with Crippen molar-refractivity contribution in [2.75, 3.05) is 5.73 Å². The molecule has 0 radical (unpaired) electrons. The number of nitrogen functional groups attached to an aromatic ring is 1. The third-order valence-corrected chi connectivity index (χ3v) is 3.00. The largest absolute Gasteiger partial charge is 0.369 e. The van der Waals surface area contributed by atoms with E-state index in [1.54, 1.807) is 0 Å². The summed E-state index contributed by atoms with van der Waals surface area (Å²) >= 11 is 0. The number of aromatic nitrogens is 2. The summed E-state index contributed by atoms with van der Waals surface area (Å²) in [5, 5.41) is 0. The molecule has 0 saturated carbocycles. The van der Waals surface area contributed by atoms with Gasteiger partial charge in [0.15, 0.2) is 0 Å². The van der Waals surface area contributed by atoms with Crippen LogP contribution in [0.2, 0.25) is 0 Å². The number of hydrogen-bond acceptors (Lipinski definition) is 2. The molecule has 3 nitrogen and oxygen atoms in total. The second-order valence-corrected chi connectivity index (χ2v) is 4.31. The maximum Gasteiger partial charge on any atom is 0.201 e. The Morgan fingerprint density at radius 1 is 1.20 bits per heavy atom. The molecule has 0 amide bonds. The van der Waals surface area contributed by atoms with Crippen molar-refractivity contribution in [1.29, 1.82) is 0 Å². The van der Waals surface area contributed by atoms with Gasteiger partial charge in [0, 0.05) is 6.04 Å². The molecule has 80 valence electrons. The molecule has 2 aromatic rings. The van der Waals surface area contributed by atoms with Gasteiger partial charge in [0.2, 0.25) is 5.95 Å². The van der Waals surface area contributed by atoms with Crippen LogP contribution in [0, 0.1) is 5.92 Å². The highest BCUT2D eigenvalue weighted by atomic mass is 15.2. The number of hydrogen-bond donors (Lipinski definition) is 1. The van der Waals surface area contributed by atoms with E-state index in [9.17, 15) is 0 Å². The number of anilines is 1. The van der Waals surface area contributed by atoms with Crippen molar-refractivity contribution in [2.24, 2.45) is 5.92 Å². The Balaban J connectivity index is 2.63. The lowest BCUT2D eigenvalue weighted by Crippen LogP contribution is -2.13. The minimum absolute atomic E-state index is 0.373. The molecule has 0 fully saturated rings. The Bertz CT molecular complexity index is 471. The fourth-order valence-electron chi connectivity index (χ4n) is 1.79. The van der Waals surface area contributed by atoms with Gasteiger partial charge >= 0.3 is 0 Å². The summed E-state index contributed by atoms with van der Waals surface area (Å²) in [4.78, 5) is 4.36. The van der Waals surface area contributed by atoms with Crippen molar-refractivity contribution in [1.82, 2.24) is 9.55 Å². The predicted octanol–water partition coefficient (Wildman–Crippen LogP) is 2.84. The predicted molar refractivity (Wildman–Crippen MR) is 63.7 cm³/mol. The van der Waals surface area contributed by atoms with Crippen LogP contribution in [0.5, 0.6) is 0 Å². The zero-order chi connectivity index (χ0) is 11.0. The fourth-order valence-corrected chi connectivity index (χ4v) is 1.79. The van der Waals surface area contributed by atoms with Gasteiger partial charge in [-0.15, -0.1) is 0 Å². The Hall–Kier alpha value is -1.51. The molecule has 0 saturated heterocycles. The zero-order valence-corrected chi connectivity index (χ0v) is 9.44. The van der Waals surface area contributed by atoms with Crippen LogP contribution in [-0.4, -0.2) is 9.55 Å². The van der Waals surface area contributed by atoms with Crippen LogP contribution in [0.4, 0.5) is 5.95 Å². The van der Waals surface area contributed by atoms with Crippen LogP contribution in [0.1, 0.15) is 26.8 Å². The third-order valence-electron chi connectivity index (χ3n) is 3.00. The summed E-state index contributed by atoms with van der Waals surface area (Å²) in [6.45, 7) is 6.56. The molecular formula is C12H17N3. The highest BCUT2D eigenvalue weighted by molar-refractivity contribution is 5.78. The monoisotopic (exact) mass is 203 g/mol. The number of nitrogens with zero attached hydrogens (tertiary/aromatic N) is 2. The number of benzene rings is 1. The maximum absolute atomic E-state index is 5.94. The lowest BCUT2D eigenvalue weighted by Gasteiger charge is -2.19. The Labute approximate surface area is 89.9 Å². The van der Waals surface area contributed by atoms with Crippen molar-refractivity contribution >= 4 is 17.0 Å². The maximum atomic E-state index is 5.94. The summed E-state index contributed by atoms with van der Waals surface area (Å²) < 4.78 is 2.11. The van der Waals surface area contributed by atoms with Gasteiger partial charge in [-0.25, -0.2) is 4.98 Å². The fraction of sp³-hybridized carbons (Fsp3) is 0.417. The third kappa shape index (κ3) is 1.58. The molecule has 0 bridgehead atoms.